The SMILES string of the molecule is CCCc1c(C(=O)O)c(-c2ccc(Cl)c(Cl)c2)nn1-c1ccc(Br)cc1. The lowest BCUT2D eigenvalue weighted by Gasteiger charge is -2.07. The lowest BCUT2D eigenvalue weighted by atomic mass is 10.0. The predicted octanol–water partition coefficient (Wildman–Crippen LogP) is 6.26. The standard InChI is InChI=1S/C19H15BrCl2N2O2/c1-2-3-16-17(19(25)26)18(11-4-9-14(21)15(22)10-11)23-24(16)13-7-5-12(20)6-8-13/h4-10H,2-3H2,1H3,(H,25,26). The average molecular weight is 454 g/mol. The van der Waals surface area contributed by atoms with Gasteiger partial charge in [0.15, 0.2) is 0 Å². The number of hydrogen-bond acceptors (Lipinski definition) is 2. The maximum absolute atomic E-state index is 12.0. The lowest BCUT2D eigenvalue weighted by Crippen LogP contribution is -2.06. The van der Waals surface area contributed by atoms with Gasteiger partial charge in [-0.05, 0) is 42.8 Å². The Bertz CT molecular complexity index is 968. The molecule has 0 atom stereocenters. The molecular formula is C19H15BrCl2N2O2. The fraction of sp³-hybridized carbons (Fsp3) is 0.158. The Morgan fingerprint density at radius 3 is 2.42 bits per heavy atom. The second-order valence-corrected chi connectivity index (χ2v) is 7.47. The Morgan fingerprint density at radius 1 is 1.15 bits per heavy atom. The maximum atomic E-state index is 12.0. The number of rotatable bonds is 5. The van der Waals surface area contributed by atoms with E-state index in [0.717, 1.165) is 16.6 Å². The summed E-state index contributed by atoms with van der Waals surface area (Å²) in [6.07, 6.45) is 1.38. The van der Waals surface area contributed by atoms with Crippen molar-refractivity contribution in [3.8, 4) is 16.9 Å². The van der Waals surface area contributed by atoms with E-state index in [0.29, 0.717) is 33.4 Å². The number of carbonyl (C=O) groups is 1. The van der Waals surface area contributed by atoms with Gasteiger partial charge >= 0.3 is 5.97 Å². The molecule has 0 aliphatic rings. The fourth-order valence-corrected chi connectivity index (χ4v) is 3.35. The van der Waals surface area contributed by atoms with Crippen molar-refractivity contribution in [1.82, 2.24) is 9.78 Å². The molecule has 0 fully saturated rings. The number of aromatic carboxylic acids is 1. The maximum Gasteiger partial charge on any atom is 0.339 e. The van der Waals surface area contributed by atoms with Gasteiger partial charge in [-0.2, -0.15) is 5.10 Å². The first-order valence-electron chi connectivity index (χ1n) is 7.99. The van der Waals surface area contributed by atoms with E-state index < -0.39 is 5.97 Å². The van der Waals surface area contributed by atoms with Gasteiger partial charge in [0.2, 0.25) is 0 Å². The number of benzene rings is 2. The zero-order chi connectivity index (χ0) is 18.8. The van der Waals surface area contributed by atoms with E-state index in [1.807, 2.05) is 31.2 Å². The van der Waals surface area contributed by atoms with E-state index in [2.05, 4.69) is 21.0 Å². The molecule has 1 N–H and O–H groups in total. The second-order valence-electron chi connectivity index (χ2n) is 5.74. The molecule has 0 saturated heterocycles. The van der Waals surface area contributed by atoms with Crippen LogP contribution in [0.15, 0.2) is 46.9 Å². The molecule has 0 bridgehead atoms. The van der Waals surface area contributed by atoms with Crippen molar-refractivity contribution in [1.29, 1.82) is 0 Å². The number of carboxylic acids is 1. The molecule has 4 nitrogen and oxygen atoms in total. The van der Waals surface area contributed by atoms with Gasteiger partial charge in [0, 0.05) is 10.0 Å². The van der Waals surface area contributed by atoms with Crippen LogP contribution >= 0.6 is 39.1 Å². The second kappa shape index (κ2) is 7.82. The molecular weight excluding hydrogens is 439 g/mol. The van der Waals surface area contributed by atoms with E-state index in [-0.39, 0.29) is 5.56 Å². The van der Waals surface area contributed by atoms with Gasteiger partial charge in [-0.15, -0.1) is 0 Å². The molecule has 1 aromatic heterocycles. The summed E-state index contributed by atoms with van der Waals surface area (Å²) < 4.78 is 2.63. The van der Waals surface area contributed by atoms with E-state index in [1.54, 1.807) is 22.9 Å². The third kappa shape index (κ3) is 3.65. The van der Waals surface area contributed by atoms with Crippen molar-refractivity contribution < 1.29 is 9.90 Å². The molecule has 3 aromatic rings. The minimum absolute atomic E-state index is 0.188. The van der Waals surface area contributed by atoms with Gasteiger partial charge in [0.05, 0.1) is 21.4 Å². The molecule has 26 heavy (non-hydrogen) atoms. The largest absolute Gasteiger partial charge is 0.478 e. The van der Waals surface area contributed by atoms with Crippen LogP contribution in [0, 0.1) is 0 Å². The van der Waals surface area contributed by atoms with Crippen LogP contribution in [0.25, 0.3) is 16.9 Å². The molecule has 0 saturated carbocycles. The van der Waals surface area contributed by atoms with Crippen molar-refractivity contribution in [3.05, 3.63) is 68.2 Å². The topological polar surface area (TPSA) is 55.1 Å². The zero-order valence-corrected chi connectivity index (χ0v) is 16.9. The van der Waals surface area contributed by atoms with Crippen molar-refractivity contribution in [3.63, 3.8) is 0 Å². The fourth-order valence-electron chi connectivity index (χ4n) is 2.79. The quantitative estimate of drug-likeness (QED) is 0.495. The minimum Gasteiger partial charge on any atom is -0.478 e. The molecule has 134 valence electrons. The van der Waals surface area contributed by atoms with Crippen LogP contribution in [0.2, 0.25) is 10.0 Å². The predicted molar refractivity (Wildman–Crippen MR) is 108 cm³/mol. The summed E-state index contributed by atoms with van der Waals surface area (Å²) in [5, 5.41) is 15.2. The zero-order valence-electron chi connectivity index (χ0n) is 13.8. The first-order chi connectivity index (χ1) is 12.4. The van der Waals surface area contributed by atoms with E-state index >= 15 is 0 Å². The van der Waals surface area contributed by atoms with E-state index in [1.165, 1.54) is 0 Å². The monoisotopic (exact) mass is 452 g/mol. The first kappa shape index (κ1) is 19.0. The molecule has 0 aliphatic heterocycles. The van der Waals surface area contributed by atoms with Crippen LogP contribution in [0.1, 0.15) is 29.4 Å². The van der Waals surface area contributed by atoms with Crippen molar-refractivity contribution >= 4 is 45.1 Å². The van der Waals surface area contributed by atoms with Gasteiger partial charge in [-0.3, -0.25) is 0 Å². The third-order valence-corrected chi connectivity index (χ3v) is 5.21. The third-order valence-electron chi connectivity index (χ3n) is 3.95. The van der Waals surface area contributed by atoms with Crippen LogP contribution in [-0.4, -0.2) is 20.9 Å². The van der Waals surface area contributed by atoms with Crippen LogP contribution in [-0.2, 0) is 6.42 Å². The smallest absolute Gasteiger partial charge is 0.339 e. The van der Waals surface area contributed by atoms with E-state index in [4.69, 9.17) is 23.2 Å². The summed E-state index contributed by atoms with van der Waals surface area (Å²) in [4.78, 5) is 12.0. The summed E-state index contributed by atoms with van der Waals surface area (Å²) in [6.45, 7) is 2.00. The Balaban J connectivity index is 2.27. The summed E-state index contributed by atoms with van der Waals surface area (Å²) in [7, 11) is 0. The molecule has 0 radical (unpaired) electrons. The number of nitrogens with zero attached hydrogens (tertiary/aromatic N) is 2. The lowest BCUT2D eigenvalue weighted by molar-refractivity contribution is 0.0696. The Morgan fingerprint density at radius 2 is 1.85 bits per heavy atom. The number of aromatic nitrogens is 2. The Hall–Kier alpha value is -1.82. The highest BCUT2D eigenvalue weighted by molar-refractivity contribution is 9.10. The molecule has 0 aliphatic carbocycles. The summed E-state index contributed by atoms with van der Waals surface area (Å²) >= 11 is 15.5. The van der Waals surface area contributed by atoms with Crippen LogP contribution in [0.4, 0.5) is 0 Å². The van der Waals surface area contributed by atoms with Crippen LogP contribution in [0.3, 0.4) is 0 Å². The van der Waals surface area contributed by atoms with E-state index in [9.17, 15) is 9.90 Å². The highest BCUT2D eigenvalue weighted by Crippen LogP contribution is 2.33. The van der Waals surface area contributed by atoms with Gasteiger partial charge in [0.1, 0.15) is 11.3 Å². The van der Waals surface area contributed by atoms with Crippen molar-refractivity contribution in [2.24, 2.45) is 0 Å². The molecule has 0 spiro atoms. The van der Waals surface area contributed by atoms with Gasteiger partial charge in [-0.25, -0.2) is 9.48 Å². The molecule has 1 heterocycles. The van der Waals surface area contributed by atoms with Crippen molar-refractivity contribution in [2.75, 3.05) is 0 Å². The van der Waals surface area contributed by atoms with Gasteiger partial charge in [0.25, 0.3) is 0 Å². The Kier molecular flexibility index (Phi) is 5.70. The molecule has 2 aromatic carbocycles. The first-order valence-corrected chi connectivity index (χ1v) is 9.53. The van der Waals surface area contributed by atoms with Crippen LogP contribution in [0.5, 0.6) is 0 Å². The number of carboxylic acid groups (broad SMARTS) is 1. The van der Waals surface area contributed by atoms with Crippen LogP contribution < -0.4 is 0 Å². The summed E-state index contributed by atoms with van der Waals surface area (Å²) in [6, 6.07) is 12.6. The summed E-state index contributed by atoms with van der Waals surface area (Å²) in [5.74, 6) is -1.02. The van der Waals surface area contributed by atoms with Gasteiger partial charge < -0.3 is 5.11 Å². The summed E-state index contributed by atoms with van der Waals surface area (Å²) in [5.41, 5.74) is 2.63. The molecule has 3 rings (SSSR count). The normalized spacial score (nSPS) is 10.9. The van der Waals surface area contributed by atoms with Gasteiger partial charge in [-0.1, -0.05) is 58.5 Å². The number of hydrogen-bond donors (Lipinski definition) is 1. The Labute approximate surface area is 169 Å². The van der Waals surface area contributed by atoms with Crippen molar-refractivity contribution in [2.45, 2.75) is 19.8 Å². The number of halogens is 3. The molecule has 0 unspecified atom stereocenters. The average Bonchev–Trinajstić information content (AvgIpc) is 2.98. The highest BCUT2D eigenvalue weighted by Gasteiger charge is 2.25. The molecule has 7 heteroatoms. The molecule has 0 amide bonds. The minimum atomic E-state index is -1.02. The highest BCUT2D eigenvalue weighted by atomic mass is 79.9.